The Morgan fingerprint density at radius 2 is 2.00 bits per heavy atom. The quantitative estimate of drug-likeness (QED) is 0.710. The second kappa shape index (κ2) is 7.15. The number of fused-ring (bicyclic) bond motifs is 1. The van der Waals surface area contributed by atoms with Gasteiger partial charge in [0.05, 0.1) is 11.4 Å². The van der Waals surface area contributed by atoms with Crippen molar-refractivity contribution in [3.05, 3.63) is 71.9 Å². The summed E-state index contributed by atoms with van der Waals surface area (Å²) in [6.07, 6.45) is 1.73. The number of rotatable bonds is 5. The minimum absolute atomic E-state index is 0.176. The van der Waals surface area contributed by atoms with Crippen LogP contribution in [-0.4, -0.2) is 28.0 Å². The van der Waals surface area contributed by atoms with Gasteiger partial charge in [-0.1, -0.05) is 24.3 Å². The normalized spacial score (nSPS) is 15.6. The van der Waals surface area contributed by atoms with Crippen molar-refractivity contribution < 1.29 is 18.7 Å². The Labute approximate surface area is 159 Å². The molecule has 3 N–H and O–H groups in total. The molecule has 1 atom stereocenters. The van der Waals surface area contributed by atoms with Gasteiger partial charge in [0, 0.05) is 12.3 Å². The van der Waals surface area contributed by atoms with Gasteiger partial charge in [-0.05, 0) is 29.8 Å². The molecule has 0 radical (unpaired) electrons. The number of amides is 2. The molecular weight excluding hydrogens is 363 g/mol. The van der Waals surface area contributed by atoms with Crippen molar-refractivity contribution in [3.63, 3.8) is 0 Å². The molecule has 2 amide bonds. The number of ether oxygens (including phenoxy) is 1. The molecule has 4 rings (SSSR count). The third kappa shape index (κ3) is 3.32. The number of aromatic nitrogens is 2. The number of carbonyl (C=O) groups excluding carboxylic acids is 2. The molecule has 1 aliphatic heterocycles. The van der Waals surface area contributed by atoms with Crippen molar-refractivity contribution in [2.45, 2.75) is 12.3 Å². The first kappa shape index (κ1) is 17.7. The standard InChI is InChI=1S/C20H17FN4O3/c21-15-3-1-2-4-16(15)25-11-23-19-14(9-18(27)24-20(19)25)12-5-7-13(8-6-12)28-10-17(22)26/h1-8,11,14H,9-10H2,(H2,22,26)(H,24,27)/t14-/m1/s1. The van der Waals surface area contributed by atoms with Crippen LogP contribution in [-0.2, 0) is 9.59 Å². The second-order valence-corrected chi connectivity index (χ2v) is 6.43. The fourth-order valence-electron chi connectivity index (χ4n) is 3.26. The molecule has 142 valence electrons. The van der Waals surface area contributed by atoms with E-state index in [2.05, 4.69) is 10.3 Å². The SMILES string of the molecule is NC(=O)COc1ccc([C@H]2CC(=O)Nc3c2ncn3-c2ccccc2F)cc1. The third-order valence-corrected chi connectivity index (χ3v) is 4.55. The Morgan fingerprint density at radius 1 is 1.25 bits per heavy atom. The Bertz CT molecular complexity index is 1050. The predicted octanol–water partition coefficient (Wildman–Crippen LogP) is 2.35. The largest absolute Gasteiger partial charge is 0.484 e. The zero-order chi connectivity index (χ0) is 19.7. The minimum Gasteiger partial charge on any atom is -0.484 e. The maximum Gasteiger partial charge on any atom is 0.255 e. The van der Waals surface area contributed by atoms with Gasteiger partial charge < -0.3 is 15.8 Å². The van der Waals surface area contributed by atoms with Crippen LogP contribution in [0.3, 0.4) is 0 Å². The van der Waals surface area contributed by atoms with Gasteiger partial charge in [-0.2, -0.15) is 0 Å². The fraction of sp³-hybridized carbons (Fsp3) is 0.150. The molecule has 3 aromatic rings. The van der Waals surface area contributed by atoms with E-state index >= 15 is 0 Å². The van der Waals surface area contributed by atoms with Crippen LogP contribution in [0.1, 0.15) is 23.6 Å². The molecule has 0 saturated carbocycles. The smallest absolute Gasteiger partial charge is 0.255 e. The van der Waals surface area contributed by atoms with E-state index in [1.807, 2.05) is 12.1 Å². The van der Waals surface area contributed by atoms with Gasteiger partial charge in [0.1, 0.15) is 23.7 Å². The number of carbonyl (C=O) groups is 2. The van der Waals surface area contributed by atoms with E-state index in [1.165, 1.54) is 12.4 Å². The first-order chi connectivity index (χ1) is 13.5. The fourth-order valence-corrected chi connectivity index (χ4v) is 3.26. The highest BCUT2D eigenvalue weighted by atomic mass is 19.1. The molecule has 0 fully saturated rings. The summed E-state index contributed by atoms with van der Waals surface area (Å²) in [4.78, 5) is 27.6. The van der Waals surface area contributed by atoms with Gasteiger partial charge in [0.25, 0.3) is 5.91 Å². The Hall–Kier alpha value is -3.68. The van der Waals surface area contributed by atoms with Crippen molar-refractivity contribution >= 4 is 17.6 Å². The van der Waals surface area contributed by atoms with E-state index in [0.29, 0.717) is 22.9 Å². The van der Waals surface area contributed by atoms with Crippen LogP contribution in [0.4, 0.5) is 10.2 Å². The summed E-state index contributed by atoms with van der Waals surface area (Å²) in [5.41, 5.74) is 6.91. The average molecular weight is 380 g/mol. The Kier molecular flexibility index (Phi) is 4.52. The Morgan fingerprint density at radius 3 is 2.71 bits per heavy atom. The lowest BCUT2D eigenvalue weighted by Gasteiger charge is -2.23. The van der Waals surface area contributed by atoms with Gasteiger partial charge in [-0.15, -0.1) is 0 Å². The number of para-hydroxylation sites is 1. The monoisotopic (exact) mass is 380 g/mol. The lowest BCUT2D eigenvalue weighted by atomic mass is 9.90. The number of nitrogens with two attached hydrogens (primary N) is 1. The highest BCUT2D eigenvalue weighted by Crippen LogP contribution is 2.38. The van der Waals surface area contributed by atoms with Crippen molar-refractivity contribution in [1.29, 1.82) is 0 Å². The number of imidazole rings is 1. The topological polar surface area (TPSA) is 99.2 Å². The summed E-state index contributed by atoms with van der Waals surface area (Å²) in [5.74, 6) is -0.460. The number of nitrogens with zero attached hydrogens (tertiary/aromatic N) is 2. The van der Waals surface area contributed by atoms with Gasteiger partial charge in [0.15, 0.2) is 6.61 Å². The zero-order valence-corrected chi connectivity index (χ0v) is 14.8. The van der Waals surface area contributed by atoms with E-state index in [4.69, 9.17) is 10.5 Å². The van der Waals surface area contributed by atoms with Crippen LogP contribution in [0.5, 0.6) is 5.75 Å². The number of hydrogen-bond acceptors (Lipinski definition) is 4. The van der Waals surface area contributed by atoms with Gasteiger partial charge in [0.2, 0.25) is 5.91 Å². The van der Waals surface area contributed by atoms with E-state index in [-0.39, 0.29) is 24.9 Å². The molecular formula is C20H17FN4O3. The van der Waals surface area contributed by atoms with Crippen LogP contribution in [0.25, 0.3) is 5.69 Å². The molecule has 8 heteroatoms. The summed E-state index contributed by atoms with van der Waals surface area (Å²) >= 11 is 0. The number of anilines is 1. The predicted molar refractivity (Wildman–Crippen MR) is 99.7 cm³/mol. The first-order valence-corrected chi connectivity index (χ1v) is 8.66. The minimum atomic E-state index is -0.559. The van der Waals surface area contributed by atoms with E-state index in [0.717, 1.165) is 5.56 Å². The number of nitrogens with one attached hydrogen (secondary N) is 1. The first-order valence-electron chi connectivity index (χ1n) is 8.66. The summed E-state index contributed by atoms with van der Waals surface area (Å²) < 4.78 is 21.0. The van der Waals surface area contributed by atoms with E-state index in [1.54, 1.807) is 34.9 Å². The molecule has 0 aliphatic carbocycles. The molecule has 28 heavy (non-hydrogen) atoms. The van der Waals surface area contributed by atoms with Crippen molar-refractivity contribution in [2.75, 3.05) is 11.9 Å². The van der Waals surface area contributed by atoms with Crippen LogP contribution in [0.2, 0.25) is 0 Å². The number of primary amides is 1. The molecule has 2 heterocycles. The molecule has 0 unspecified atom stereocenters. The van der Waals surface area contributed by atoms with Gasteiger partial charge in [-0.25, -0.2) is 9.37 Å². The maximum atomic E-state index is 14.2. The summed E-state index contributed by atoms with van der Waals surface area (Å²) in [7, 11) is 0. The molecule has 7 nitrogen and oxygen atoms in total. The zero-order valence-electron chi connectivity index (χ0n) is 14.8. The van der Waals surface area contributed by atoms with Crippen LogP contribution in [0, 0.1) is 5.82 Å². The van der Waals surface area contributed by atoms with Crippen molar-refractivity contribution in [3.8, 4) is 11.4 Å². The molecule has 0 spiro atoms. The highest BCUT2D eigenvalue weighted by Gasteiger charge is 2.31. The molecule has 2 aromatic carbocycles. The molecule has 1 aliphatic rings. The second-order valence-electron chi connectivity index (χ2n) is 6.43. The molecule has 0 bridgehead atoms. The highest BCUT2D eigenvalue weighted by molar-refractivity contribution is 5.94. The van der Waals surface area contributed by atoms with Crippen molar-refractivity contribution in [1.82, 2.24) is 9.55 Å². The molecule has 1 aromatic heterocycles. The summed E-state index contributed by atoms with van der Waals surface area (Å²) in [6, 6.07) is 13.3. The number of hydrogen-bond donors (Lipinski definition) is 2. The van der Waals surface area contributed by atoms with Crippen LogP contribution < -0.4 is 15.8 Å². The maximum absolute atomic E-state index is 14.2. The van der Waals surface area contributed by atoms with E-state index < -0.39 is 11.7 Å². The number of benzene rings is 2. The third-order valence-electron chi connectivity index (χ3n) is 4.55. The van der Waals surface area contributed by atoms with Gasteiger partial charge in [-0.3, -0.25) is 14.2 Å². The van der Waals surface area contributed by atoms with Crippen LogP contribution in [0.15, 0.2) is 54.9 Å². The molecule has 0 saturated heterocycles. The average Bonchev–Trinajstić information content (AvgIpc) is 3.10. The number of halogens is 1. The van der Waals surface area contributed by atoms with E-state index in [9.17, 15) is 14.0 Å². The Balaban J connectivity index is 1.67. The summed E-state index contributed by atoms with van der Waals surface area (Å²) in [5, 5.41) is 2.80. The van der Waals surface area contributed by atoms with Crippen molar-refractivity contribution in [2.24, 2.45) is 5.73 Å². The summed E-state index contributed by atoms with van der Waals surface area (Å²) in [6.45, 7) is -0.206. The lowest BCUT2D eigenvalue weighted by molar-refractivity contribution is -0.120. The van der Waals surface area contributed by atoms with Gasteiger partial charge >= 0.3 is 0 Å². The van der Waals surface area contributed by atoms with Crippen LogP contribution >= 0.6 is 0 Å². The lowest BCUT2D eigenvalue weighted by Crippen LogP contribution is -2.25.